The van der Waals surface area contributed by atoms with Gasteiger partial charge in [0.25, 0.3) is 0 Å². The lowest BCUT2D eigenvalue weighted by molar-refractivity contribution is -0.125. The summed E-state index contributed by atoms with van der Waals surface area (Å²) < 4.78 is 0. The van der Waals surface area contributed by atoms with Crippen LogP contribution in [0.2, 0.25) is 0 Å². The van der Waals surface area contributed by atoms with Crippen LogP contribution in [0.15, 0.2) is 24.5 Å². The molecular formula is C12H17N3O. The summed E-state index contributed by atoms with van der Waals surface area (Å²) in [6.45, 7) is 4.43. The third-order valence-corrected chi connectivity index (χ3v) is 3.07. The van der Waals surface area contributed by atoms with E-state index in [9.17, 15) is 4.79 Å². The predicted octanol–water partition coefficient (Wildman–Crippen LogP) is 0.553. The van der Waals surface area contributed by atoms with E-state index in [4.69, 9.17) is 0 Å². The first-order valence-corrected chi connectivity index (χ1v) is 5.64. The zero-order valence-electron chi connectivity index (χ0n) is 9.44. The van der Waals surface area contributed by atoms with Crippen LogP contribution in [0.4, 0.5) is 0 Å². The van der Waals surface area contributed by atoms with Crippen molar-refractivity contribution < 1.29 is 4.79 Å². The second kappa shape index (κ2) is 5.07. The SMILES string of the molecule is C[C@@H]1CNC[C@H]1C(=O)NCc1ccncc1. The molecule has 16 heavy (non-hydrogen) atoms. The fourth-order valence-electron chi connectivity index (χ4n) is 1.98. The van der Waals surface area contributed by atoms with Crippen molar-refractivity contribution in [1.82, 2.24) is 15.6 Å². The Hall–Kier alpha value is -1.42. The number of rotatable bonds is 3. The Morgan fingerprint density at radius 2 is 2.25 bits per heavy atom. The highest BCUT2D eigenvalue weighted by Gasteiger charge is 2.29. The summed E-state index contributed by atoms with van der Waals surface area (Å²) in [4.78, 5) is 15.8. The summed E-state index contributed by atoms with van der Waals surface area (Å²) in [6, 6.07) is 3.83. The van der Waals surface area contributed by atoms with E-state index in [-0.39, 0.29) is 11.8 Å². The van der Waals surface area contributed by atoms with Crippen LogP contribution in [0, 0.1) is 11.8 Å². The molecule has 2 heterocycles. The molecule has 2 N–H and O–H groups in total. The Balaban J connectivity index is 1.84. The largest absolute Gasteiger partial charge is 0.352 e. The quantitative estimate of drug-likeness (QED) is 0.780. The lowest BCUT2D eigenvalue weighted by Crippen LogP contribution is -2.33. The van der Waals surface area contributed by atoms with Gasteiger partial charge < -0.3 is 10.6 Å². The number of hydrogen-bond donors (Lipinski definition) is 2. The van der Waals surface area contributed by atoms with E-state index in [1.165, 1.54) is 0 Å². The number of nitrogens with one attached hydrogen (secondary N) is 2. The topological polar surface area (TPSA) is 54.0 Å². The van der Waals surface area contributed by atoms with Gasteiger partial charge in [0.15, 0.2) is 0 Å². The van der Waals surface area contributed by atoms with Gasteiger partial charge in [-0.1, -0.05) is 6.92 Å². The van der Waals surface area contributed by atoms with Crippen LogP contribution in [-0.2, 0) is 11.3 Å². The molecule has 1 amide bonds. The van der Waals surface area contributed by atoms with E-state index in [0.717, 1.165) is 18.7 Å². The van der Waals surface area contributed by atoms with Gasteiger partial charge in [0.1, 0.15) is 0 Å². The molecule has 1 fully saturated rings. The fourth-order valence-corrected chi connectivity index (χ4v) is 1.98. The van der Waals surface area contributed by atoms with Crippen LogP contribution >= 0.6 is 0 Å². The Morgan fingerprint density at radius 1 is 1.50 bits per heavy atom. The van der Waals surface area contributed by atoms with Gasteiger partial charge >= 0.3 is 0 Å². The molecule has 4 heteroatoms. The van der Waals surface area contributed by atoms with Crippen molar-refractivity contribution >= 4 is 5.91 Å². The fraction of sp³-hybridized carbons (Fsp3) is 0.500. The molecule has 1 aromatic heterocycles. The van der Waals surface area contributed by atoms with Crippen LogP contribution in [0.1, 0.15) is 12.5 Å². The number of hydrogen-bond acceptors (Lipinski definition) is 3. The number of amides is 1. The van der Waals surface area contributed by atoms with Crippen molar-refractivity contribution in [2.45, 2.75) is 13.5 Å². The van der Waals surface area contributed by atoms with Gasteiger partial charge in [-0.05, 0) is 30.2 Å². The van der Waals surface area contributed by atoms with E-state index in [1.807, 2.05) is 12.1 Å². The van der Waals surface area contributed by atoms with Crippen LogP contribution in [0.25, 0.3) is 0 Å². The predicted molar refractivity (Wildman–Crippen MR) is 61.6 cm³/mol. The first-order chi connectivity index (χ1) is 7.77. The molecule has 0 aromatic carbocycles. The van der Waals surface area contributed by atoms with Gasteiger partial charge in [0, 0.05) is 25.5 Å². The van der Waals surface area contributed by atoms with Crippen molar-refractivity contribution in [3.63, 3.8) is 0 Å². The molecule has 1 aromatic rings. The average Bonchev–Trinajstić information content (AvgIpc) is 2.74. The Morgan fingerprint density at radius 3 is 2.88 bits per heavy atom. The average molecular weight is 219 g/mol. The van der Waals surface area contributed by atoms with Crippen LogP contribution in [-0.4, -0.2) is 24.0 Å². The second-order valence-electron chi connectivity index (χ2n) is 4.32. The molecule has 0 bridgehead atoms. The second-order valence-corrected chi connectivity index (χ2v) is 4.32. The van der Waals surface area contributed by atoms with Crippen molar-refractivity contribution in [3.05, 3.63) is 30.1 Å². The monoisotopic (exact) mass is 219 g/mol. The Kier molecular flexibility index (Phi) is 3.51. The number of carbonyl (C=O) groups excluding carboxylic acids is 1. The minimum atomic E-state index is 0.113. The third-order valence-electron chi connectivity index (χ3n) is 3.07. The first kappa shape index (κ1) is 11.1. The number of pyridine rings is 1. The molecule has 0 spiro atoms. The summed E-state index contributed by atoms with van der Waals surface area (Å²) >= 11 is 0. The smallest absolute Gasteiger partial charge is 0.224 e. The maximum atomic E-state index is 11.9. The lowest BCUT2D eigenvalue weighted by Gasteiger charge is -2.14. The summed E-state index contributed by atoms with van der Waals surface area (Å²) in [5.74, 6) is 0.689. The molecular weight excluding hydrogens is 202 g/mol. The minimum absolute atomic E-state index is 0.113. The van der Waals surface area contributed by atoms with E-state index in [0.29, 0.717) is 12.5 Å². The zero-order chi connectivity index (χ0) is 11.4. The van der Waals surface area contributed by atoms with Gasteiger partial charge in [-0.15, -0.1) is 0 Å². The van der Waals surface area contributed by atoms with Crippen molar-refractivity contribution in [1.29, 1.82) is 0 Å². The van der Waals surface area contributed by atoms with Crippen LogP contribution in [0.5, 0.6) is 0 Å². The number of nitrogens with zero attached hydrogens (tertiary/aromatic N) is 1. The molecule has 2 atom stereocenters. The van der Waals surface area contributed by atoms with E-state index >= 15 is 0 Å². The summed E-state index contributed by atoms with van der Waals surface area (Å²) in [7, 11) is 0. The molecule has 0 radical (unpaired) electrons. The highest BCUT2D eigenvalue weighted by atomic mass is 16.1. The van der Waals surface area contributed by atoms with Gasteiger partial charge in [-0.2, -0.15) is 0 Å². The van der Waals surface area contributed by atoms with Crippen molar-refractivity contribution in [2.24, 2.45) is 11.8 Å². The minimum Gasteiger partial charge on any atom is -0.352 e. The molecule has 0 unspecified atom stereocenters. The van der Waals surface area contributed by atoms with Crippen LogP contribution in [0.3, 0.4) is 0 Å². The molecule has 86 valence electrons. The zero-order valence-corrected chi connectivity index (χ0v) is 9.44. The van der Waals surface area contributed by atoms with Gasteiger partial charge in [-0.25, -0.2) is 0 Å². The highest BCUT2D eigenvalue weighted by Crippen LogP contribution is 2.15. The molecule has 1 saturated heterocycles. The normalized spacial score (nSPS) is 24.3. The Labute approximate surface area is 95.5 Å². The molecule has 2 rings (SSSR count). The van der Waals surface area contributed by atoms with E-state index in [2.05, 4.69) is 22.5 Å². The van der Waals surface area contributed by atoms with Crippen molar-refractivity contribution in [3.8, 4) is 0 Å². The molecule has 1 aliphatic rings. The highest BCUT2D eigenvalue weighted by molar-refractivity contribution is 5.79. The molecule has 4 nitrogen and oxygen atoms in total. The Bertz CT molecular complexity index is 353. The molecule has 0 aliphatic carbocycles. The molecule has 0 saturated carbocycles. The van der Waals surface area contributed by atoms with Gasteiger partial charge in [-0.3, -0.25) is 9.78 Å². The van der Waals surface area contributed by atoms with Gasteiger partial charge in [0.05, 0.1) is 5.92 Å². The number of carbonyl (C=O) groups is 1. The van der Waals surface area contributed by atoms with Crippen LogP contribution < -0.4 is 10.6 Å². The standard InChI is InChI=1S/C12H17N3O/c1-9-6-14-8-11(9)12(16)15-7-10-2-4-13-5-3-10/h2-5,9,11,14H,6-8H2,1H3,(H,15,16)/t9-,11-/m1/s1. The maximum Gasteiger partial charge on any atom is 0.224 e. The third kappa shape index (κ3) is 2.58. The lowest BCUT2D eigenvalue weighted by atomic mass is 9.97. The van der Waals surface area contributed by atoms with E-state index in [1.54, 1.807) is 12.4 Å². The summed E-state index contributed by atoms with van der Waals surface area (Å²) in [5.41, 5.74) is 1.09. The first-order valence-electron chi connectivity index (χ1n) is 5.64. The number of aromatic nitrogens is 1. The summed E-state index contributed by atoms with van der Waals surface area (Å²) in [5, 5.41) is 6.19. The molecule has 1 aliphatic heterocycles. The van der Waals surface area contributed by atoms with Crippen molar-refractivity contribution in [2.75, 3.05) is 13.1 Å². The van der Waals surface area contributed by atoms with Gasteiger partial charge in [0.2, 0.25) is 5.91 Å². The summed E-state index contributed by atoms with van der Waals surface area (Å²) in [6.07, 6.45) is 3.47. The van der Waals surface area contributed by atoms with E-state index < -0.39 is 0 Å². The maximum absolute atomic E-state index is 11.9.